The first kappa shape index (κ1) is 29.4. The summed E-state index contributed by atoms with van der Waals surface area (Å²) in [5.74, 6) is 0.0951. The molecule has 0 radical (unpaired) electrons. The van der Waals surface area contributed by atoms with E-state index in [1.807, 2.05) is 30.3 Å². The lowest BCUT2D eigenvalue weighted by molar-refractivity contribution is -0.130. The molecule has 2 fully saturated rings. The molecule has 2 aliphatic rings. The second-order valence-corrected chi connectivity index (χ2v) is 12.2. The summed E-state index contributed by atoms with van der Waals surface area (Å²) in [6.45, 7) is 11.1. The number of nitrogens with zero attached hydrogens (tertiary/aromatic N) is 2. The summed E-state index contributed by atoms with van der Waals surface area (Å²) in [5, 5.41) is 3.51. The Labute approximate surface area is 239 Å². The highest BCUT2D eigenvalue weighted by Crippen LogP contribution is 2.42. The summed E-state index contributed by atoms with van der Waals surface area (Å²) >= 11 is 1.76. The van der Waals surface area contributed by atoms with Gasteiger partial charge in [0, 0.05) is 29.9 Å². The van der Waals surface area contributed by atoms with Crippen LogP contribution in [0.5, 0.6) is 0 Å². The van der Waals surface area contributed by atoms with Crippen molar-refractivity contribution in [1.29, 1.82) is 0 Å². The molecular weight excluding hydrogens is 502 g/mol. The van der Waals surface area contributed by atoms with Gasteiger partial charge in [-0.3, -0.25) is 9.59 Å². The van der Waals surface area contributed by atoms with Gasteiger partial charge in [0.15, 0.2) is 0 Å². The molecule has 0 bridgehead atoms. The van der Waals surface area contributed by atoms with E-state index in [2.05, 4.69) is 60.2 Å². The van der Waals surface area contributed by atoms with Crippen LogP contribution < -0.4 is 5.32 Å². The zero-order chi connectivity index (χ0) is 27.6. The highest BCUT2D eigenvalue weighted by Gasteiger charge is 2.40. The Balaban J connectivity index is 1.39. The third-order valence-corrected chi connectivity index (χ3v) is 9.31. The lowest BCUT2D eigenvalue weighted by Gasteiger charge is -2.44. The summed E-state index contributed by atoms with van der Waals surface area (Å²) in [6, 6.07) is 16.3. The number of carbonyl (C=O) groups is 2. The Bertz CT molecular complexity index is 1120. The van der Waals surface area contributed by atoms with Crippen molar-refractivity contribution in [3.8, 4) is 0 Å². The van der Waals surface area contributed by atoms with E-state index in [0.29, 0.717) is 29.9 Å². The molecule has 1 heterocycles. The van der Waals surface area contributed by atoms with Crippen molar-refractivity contribution < 1.29 is 9.59 Å². The van der Waals surface area contributed by atoms with Crippen LogP contribution in [0.4, 0.5) is 0 Å². The van der Waals surface area contributed by atoms with Crippen LogP contribution in [0, 0.1) is 6.92 Å². The van der Waals surface area contributed by atoms with E-state index in [0.717, 1.165) is 62.2 Å². The normalized spacial score (nSPS) is 20.4. The lowest BCUT2D eigenvalue weighted by atomic mass is 9.92. The van der Waals surface area contributed by atoms with E-state index in [-0.39, 0.29) is 11.8 Å². The van der Waals surface area contributed by atoms with Crippen LogP contribution >= 0.6 is 11.8 Å². The molecule has 0 aromatic heterocycles. The van der Waals surface area contributed by atoms with E-state index in [9.17, 15) is 9.59 Å². The fourth-order valence-electron chi connectivity index (χ4n) is 5.79. The first-order valence-corrected chi connectivity index (χ1v) is 15.7. The Morgan fingerprint density at radius 2 is 1.74 bits per heavy atom. The number of fused-ring (bicyclic) bond motifs is 1. The van der Waals surface area contributed by atoms with Crippen molar-refractivity contribution in [3.63, 3.8) is 0 Å². The van der Waals surface area contributed by atoms with Crippen LogP contribution in [0.1, 0.15) is 85.8 Å². The van der Waals surface area contributed by atoms with Gasteiger partial charge in [0.25, 0.3) is 11.8 Å². The molecule has 0 spiro atoms. The summed E-state index contributed by atoms with van der Waals surface area (Å²) < 4.78 is 0. The number of hydrogen-bond acceptors (Lipinski definition) is 4. The van der Waals surface area contributed by atoms with Gasteiger partial charge < -0.3 is 15.1 Å². The maximum absolute atomic E-state index is 13.7. The predicted octanol–water partition coefficient (Wildman–Crippen LogP) is 6.66. The Morgan fingerprint density at radius 3 is 2.46 bits per heavy atom. The minimum absolute atomic E-state index is 0.0377. The number of thioether (sulfide) groups is 1. The zero-order valence-electron chi connectivity index (χ0n) is 24.0. The molecule has 1 aliphatic carbocycles. The minimum atomic E-state index is -0.0377. The van der Waals surface area contributed by atoms with Gasteiger partial charge in [-0.25, -0.2) is 0 Å². The van der Waals surface area contributed by atoms with Crippen LogP contribution in [0.25, 0.3) is 6.08 Å². The molecule has 2 aromatic carbocycles. The molecule has 2 amide bonds. The van der Waals surface area contributed by atoms with Gasteiger partial charge in [-0.15, -0.1) is 11.8 Å². The maximum atomic E-state index is 13.7. The Kier molecular flexibility index (Phi) is 11.1. The molecule has 2 aromatic rings. The molecule has 39 heavy (non-hydrogen) atoms. The fourth-order valence-corrected chi connectivity index (χ4v) is 7.26. The smallest absolute Gasteiger partial charge is 0.260 e. The standard InChI is InChI=1S/C33H45N3O2S/c1-4-20-35(21-5-2)22-10-19-34-32(37)27-17-15-26(16-18-27)23-31-33(38)36(24-28-12-7-6-11-25(28)3)29-13-8-9-14-30(29)39-31/h6-7,11-12,15-18,23,29-30H,4-5,8-10,13-14,19-22,24H2,1-3H3,(H,34,37)/b31-23+. The first-order valence-electron chi connectivity index (χ1n) is 14.8. The predicted molar refractivity (Wildman–Crippen MR) is 164 cm³/mol. The van der Waals surface area contributed by atoms with E-state index in [1.54, 1.807) is 11.8 Å². The topological polar surface area (TPSA) is 52.7 Å². The van der Waals surface area contributed by atoms with E-state index in [1.165, 1.54) is 24.0 Å². The van der Waals surface area contributed by atoms with E-state index >= 15 is 0 Å². The number of rotatable bonds is 12. The van der Waals surface area contributed by atoms with Crippen LogP contribution in [0.3, 0.4) is 0 Å². The van der Waals surface area contributed by atoms with Crippen molar-refractivity contribution in [2.75, 3.05) is 26.2 Å². The van der Waals surface area contributed by atoms with Crippen molar-refractivity contribution >= 4 is 29.7 Å². The molecule has 1 aliphatic heterocycles. The molecule has 1 saturated carbocycles. The number of benzene rings is 2. The molecule has 2 unspecified atom stereocenters. The minimum Gasteiger partial charge on any atom is -0.352 e. The molecule has 6 heteroatoms. The maximum Gasteiger partial charge on any atom is 0.260 e. The first-order chi connectivity index (χ1) is 19.0. The summed E-state index contributed by atoms with van der Waals surface area (Å²) in [5.41, 5.74) is 4.07. The molecule has 5 nitrogen and oxygen atoms in total. The monoisotopic (exact) mass is 547 g/mol. The van der Waals surface area contributed by atoms with Crippen LogP contribution in [0.15, 0.2) is 53.4 Å². The third-order valence-electron chi connectivity index (χ3n) is 7.91. The molecule has 210 valence electrons. The summed E-state index contributed by atoms with van der Waals surface area (Å²) in [7, 11) is 0. The van der Waals surface area contributed by atoms with Crippen LogP contribution in [0.2, 0.25) is 0 Å². The molecule has 1 saturated heterocycles. The van der Waals surface area contributed by atoms with E-state index in [4.69, 9.17) is 0 Å². The Morgan fingerprint density at radius 1 is 1.03 bits per heavy atom. The Hall–Kier alpha value is -2.57. The molecule has 4 rings (SSSR count). The van der Waals surface area contributed by atoms with Gasteiger partial charge in [0.1, 0.15) is 0 Å². The fraction of sp³-hybridized carbons (Fsp3) is 0.515. The second-order valence-electron chi connectivity index (χ2n) is 10.9. The average molecular weight is 548 g/mol. The van der Waals surface area contributed by atoms with Crippen molar-refractivity contribution in [2.45, 2.75) is 83.6 Å². The van der Waals surface area contributed by atoms with Gasteiger partial charge in [0.05, 0.1) is 4.91 Å². The van der Waals surface area contributed by atoms with Crippen molar-refractivity contribution in [1.82, 2.24) is 15.1 Å². The van der Waals surface area contributed by atoms with E-state index < -0.39 is 0 Å². The van der Waals surface area contributed by atoms with Crippen molar-refractivity contribution in [3.05, 3.63) is 75.7 Å². The highest BCUT2D eigenvalue weighted by molar-refractivity contribution is 8.04. The second kappa shape index (κ2) is 14.7. The largest absolute Gasteiger partial charge is 0.352 e. The highest BCUT2D eigenvalue weighted by atomic mass is 32.2. The third kappa shape index (κ3) is 7.98. The zero-order valence-corrected chi connectivity index (χ0v) is 24.8. The molecule has 2 atom stereocenters. The molecular formula is C33H45N3O2S. The number of nitrogens with one attached hydrogen (secondary N) is 1. The lowest BCUT2D eigenvalue weighted by Crippen LogP contribution is -2.50. The van der Waals surface area contributed by atoms with Gasteiger partial charge >= 0.3 is 0 Å². The number of hydrogen-bond donors (Lipinski definition) is 1. The number of carbonyl (C=O) groups excluding carboxylic acids is 2. The van der Waals surface area contributed by atoms with Gasteiger partial charge in [0.2, 0.25) is 0 Å². The van der Waals surface area contributed by atoms with Crippen LogP contribution in [-0.2, 0) is 11.3 Å². The average Bonchev–Trinajstić information content (AvgIpc) is 2.95. The van der Waals surface area contributed by atoms with Crippen LogP contribution in [-0.4, -0.2) is 59.1 Å². The number of amides is 2. The quantitative estimate of drug-likeness (QED) is 0.238. The summed E-state index contributed by atoms with van der Waals surface area (Å²) in [4.78, 5) is 31.8. The number of aryl methyl sites for hydroxylation is 1. The van der Waals surface area contributed by atoms with Gasteiger partial charge in [-0.1, -0.05) is 63.1 Å². The van der Waals surface area contributed by atoms with Gasteiger partial charge in [-0.2, -0.15) is 0 Å². The van der Waals surface area contributed by atoms with Gasteiger partial charge in [-0.05, 0) is 93.6 Å². The molecule has 1 N–H and O–H groups in total. The SMILES string of the molecule is CCCN(CCC)CCCNC(=O)c1ccc(/C=C2/SC3CCCCC3N(Cc3ccccc3C)C2=O)cc1. The van der Waals surface area contributed by atoms with Crippen molar-refractivity contribution in [2.24, 2.45) is 0 Å². The summed E-state index contributed by atoms with van der Waals surface area (Å²) in [6.07, 6.45) is 9.94.